The molecule has 0 aliphatic heterocycles. The molecule has 0 N–H and O–H groups in total. The van der Waals surface area contributed by atoms with Crippen LogP contribution >= 0.6 is 0 Å². The van der Waals surface area contributed by atoms with Gasteiger partial charge in [0, 0.05) is 0 Å². The van der Waals surface area contributed by atoms with Gasteiger partial charge in [0.1, 0.15) is 0 Å². The Bertz CT molecular complexity index is 756. The molecule has 2 atom stereocenters. The van der Waals surface area contributed by atoms with Gasteiger partial charge in [0.25, 0.3) is 0 Å². The summed E-state index contributed by atoms with van der Waals surface area (Å²) in [6.45, 7) is 0. The maximum atomic E-state index is 1.95. The third kappa shape index (κ3) is 3.71. The highest BCUT2D eigenvalue weighted by Crippen LogP contribution is 2.49. The first kappa shape index (κ1) is 19.6. The van der Waals surface area contributed by atoms with Crippen LogP contribution in [-0.2, 0) is 0 Å². The Labute approximate surface area is 185 Å². The second-order valence-corrected chi connectivity index (χ2v) is 11.5. The molecule has 162 valence electrons. The fourth-order valence-corrected chi connectivity index (χ4v) is 8.24. The highest BCUT2D eigenvalue weighted by Gasteiger charge is 2.32. The summed E-state index contributed by atoms with van der Waals surface area (Å²) >= 11 is 0. The maximum absolute atomic E-state index is 1.95. The van der Waals surface area contributed by atoms with Crippen molar-refractivity contribution in [2.24, 2.45) is 11.8 Å². The number of rotatable bonds is 3. The highest BCUT2D eigenvalue weighted by molar-refractivity contribution is 5.39. The van der Waals surface area contributed by atoms with Crippen LogP contribution in [0.2, 0.25) is 0 Å². The zero-order valence-corrected chi connectivity index (χ0v) is 19.3. The van der Waals surface area contributed by atoms with E-state index in [0.29, 0.717) is 0 Å². The lowest BCUT2D eigenvalue weighted by atomic mass is 9.67. The van der Waals surface area contributed by atoms with Gasteiger partial charge in [-0.3, -0.25) is 0 Å². The van der Waals surface area contributed by atoms with Crippen molar-refractivity contribution in [1.82, 2.24) is 0 Å². The number of hydrogen-bond acceptors (Lipinski definition) is 0. The Balaban J connectivity index is 1.14. The predicted molar refractivity (Wildman–Crippen MR) is 127 cm³/mol. The van der Waals surface area contributed by atoms with Crippen LogP contribution in [0.25, 0.3) is 0 Å². The van der Waals surface area contributed by atoms with Crippen LogP contribution in [0.15, 0.2) is 44.6 Å². The minimum atomic E-state index is 0.934. The fourth-order valence-electron chi connectivity index (χ4n) is 8.24. The fraction of sp³-hybridized carbons (Fsp3) is 0.733. The molecule has 0 fully saturated rings. The Kier molecular flexibility index (Phi) is 5.55. The van der Waals surface area contributed by atoms with E-state index in [1.54, 1.807) is 0 Å². The number of hydrogen-bond donors (Lipinski definition) is 0. The van der Waals surface area contributed by atoms with Crippen molar-refractivity contribution in [2.45, 2.75) is 128 Å². The van der Waals surface area contributed by atoms with Crippen molar-refractivity contribution in [3.05, 3.63) is 44.6 Å². The van der Waals surface area contributed by atoms with Crippen molar-refractivity contribution < 1.29 is 0 Å². The first-order chi connectivity index (χ1) is 14.8. The van der Waals surface area contributed by atoms with Crippen LogP contribution in [-0.4, -0.2) is 0 Å². The molecular weight excluding hydrogens is 360 g/mol. The largest absolute Gasteiger partial charge is 0.0666 e. The van der Waals surface area contributed by atoms with Crippen LogP contribution in [0.4, 0.5) is 0 Å². The van der Waals surface area contributed by atoms with Crippen LogP contribution in [0.5, 0.6) is 0 Å². The Morgan fingerprint density at radius 3 is 1.20 bits per heavy atom. The lowest BCUT2D eigenvalue weighted by Gasteiger charge is -2.38. The smallest absolute Gasteiger partial charge is 0.0100 e. The summed E-state index contributed by atoms with van der Waals surface area (Å²) in [7, 11) is 0. The van der Waals surface area contributed by atoms with Gasteiger partial charge in [0.05, 0.1) is 0 Å². The molecule has 0 aromatic rings. The van der Waals surface area contributed by atoms with Gasteiger partial charge in [-0.25, -0.2) is 0 Å². The average molecular weight is 403 g/mol. The van der Waals surface area contributed by atoms with Crippen LogP contribution in [0, 0.1) is 11.8 Å². The topological polar surface area (TPSA) is 0 Å². The van der Waals surface area contributed by atoms with Crippen molar-refractivity contribution in [1.29, 1.82) is 0 Å². The molecule has 0 spiro atoms. The molecule has 6 aliphatic rings. The van der Waals surface area contributed by atoms with E-state index in [1.165, 1.54) is 128 Å². The second-order valence-electron chi connectivity index (χ2n) is 11.5. The molecule has 0 heteroatoms. The summed E-state index contributed by atoms with van der Waals surface area (Å²) in [6.07, 6.45) is 28.9. The monoisotopic (exact) mass is 402 g/mol. The van der Waals surface area contributed by atoms with E-state index in [1.807, 2.05) is 44.6 Å². The third-order valence-electron chi connectivity index (χ3n) is 9.90. The molecule has 0 saturated carbocycles. The van der Waals surface area contributed by atoms with E-state index in [-0.39, 0.29) is 0 Å². The third-order valence-corrected chi connectivity index (χ3v) is 9.90. The number of allylic oxidation sites excluding steroid dienone is 8. The molecule has 0 aromatic carbocycles. The molecular formula is C30H42. The molecule has 0 amide bonds. The van der Waals surface area contributed by atoms with Gasteiger partial charge in [-0.1, -0.05) is 44.6 Å². The van der Waals surface area contributed by atoms with Gasteiger partial charge >= 0.3 is 0 Å². The molecule has 0 aromatic heterocycles. The second kappa shape index (κ2) is 8.48. The molecule has 0 nitrogen and oxygen atoms in total. The predicted octanol–water partition coefficient (Wildman–Crippen LogP) is 9.29. The van der Waals surface area contributed by atoms with Gasteiger partial charge in [0.2, 0.25) is 0 Å². The standard InChI is InChI=1S/C30H42/c1-3-9-25-19-29-21(11-5-13-27(29)17-23(25)7-1)15-16-22-12-6-14-28-18-24-8-2-4-10-26(24)20-30(22)28/h21-22H,1-20H2. The van der Waals surface area contributed by atoms with Crippen LogP contribution in [0.3, 0.4) is 0 Å². The summed E-state index contributed by atoms with van der Waals surface area (Å²) in [5.74, 6) is 1.87. The van der Waals surface area contributed by atoms with E-state index in [2.05, 4.69) is 0 Å². The molecule has 0 bridgehead atoms. The Morgan fingerprint density at radius 2 is 0.767 bits per heavy atom. The van der Waals surface area contributed by atoms with E-state index in [4.69, 9.17) is 0 Å². The lowest BCUT2D eigenvalue weighted by Crippen LogP contribution is -2.22. The summed E-state index contributed by atoms with van der Waals surface area (Å²) in [5, 5.41) is 0. The van der Waals surface area contributed by atoms with Gasteiger partial charge in [-0.05, 0) is 140 Å². The van der Waals surface area contributed by atoms with Gasteiger partial charge in [-0.2, -0.15) is 0 Å². The van der Waals surface area contributed by atoms with Gasteiger partial charge in [0.15, 0.2) is 0 Å². The molecule has 0 saturated heterocycles. The normalized spacial score (nSPS) is 32.0. The van der Waals surface area contributed by atoms with E-state index in [0.717, 1.165) is 11.8 Å². The molecule has 6 rings (SSSR count). The SMILES string of the molecule is C1CCC2=C(C1)CC1=C(C2)C(CCC2CCCC3=C2CC2=C(CCCC2)C3)CCC1. The maximum Gasteiger partial charge on any atom is -0.0100 e. The van der Waals surface area contributed by atoms with Gasteiger partial charge < -0.3 is 0 Å². The molecule has 0 radical (unpaired) electrons. The highest BCUT2D eigenvalue weighted by atomic mass is 14.4. The first-order valence-electron chi connectivity index (χ1n) is 13.7. The summed E-state index contributed by atoms with van der Waals surface area (Å²) < 4.78 is 0. The Morgan fingerprint density at radius 1 is 0.400 bits per heavy atom. The molecule has 6 aliphatic carbocycles. The summed E-state index contributed by atoms with van der Waals surface area (Å²) in [5.41, 5.74) is 15.2. The van der Waals surface area contributed by atoms with Crippen molar-refractivity contribution in [3.8, 4) is 0 Å². The average Bonchev–Trinajstić information content (AvgIpc) is 2.80. The first-order valence-corrected chi connectivity index (χ1v) is 13.7. The molecule has 2 unspecified atom stereocenters. The van der Waals surface area contributed by atoms with E-state index < -0.39 is 0 Å². The van der Waals surface area contributed by atoms with Crippen molar-refractivity contribution >= 4 is 0 Å². The quantitative estimate of drug-likeness (QED) is 0.412. The van der Waals surface area contributed by atoms with E-state index in [9.17, 15) is 0 Å². The van der Waals surface area contributed by atoms with Crippen LogP contribution in [0.1, 0.15) is 128 Å². The lowest BCUT2D eigenvalue weighted by molar-refractivity contribution is 0.369. The van der Waals surface area contributed by atoms with Gasteiger partial charge in [-0.15, -0.1) is 0 Å². The molecule has 30 heavy (non-hydrogen) atoms. The molecule has 0 heterocycles. The Hall–Kier alpha value is -1.04. The van der Waals surface area contributed by atoms with E-state index >= 15 is 0 Å². The van der Waals surface area contributed by atoms with Crippen molar-refractivity contribution in [3.63, 3.8) is 0 Å². The summed E-state index contributed by atoms with van der Waals surface area (Å²) in [4.78, 5) is 0. The minimum absolute atomic E-state index is 0.934. The van der Waals surface area contributed by atoms with Crippen LogP contribution < -0.4 is 0 Å². The minimum Gasteiger partial charge on any atom is -0.0666 e. The zero-order valence-electron chi connectivity index (χ0n) is 19.3. The van der Waals surface area contributed by atoms with Crippen molar-refractivity contribution in [2.75, 3.05) is 0 Å². The summed E-state index contributed by atoms with van der Waals surface area (Å²) in [6, 6.07) is 0. The zero-order chi connectivity index (χ0) is 19.9.